The number of anilines is 1. The van der Waals surface area contributed by atoms with Crippen LogP contribution in [0.5, 0.6) is 0 Å². The summed E-state index contributed by atoms with van der Waals surface area (Å²) in [6, 6.07) is 5.82. The van der Waals surface area contributed by atoms with Gasteiger partial charge in [0.05, 0.1) is 17.4 Å². The highest BCUT2D eigenvalue weighted by Gasteiger charge is 2.20. The van der Waals surface area contributed by atoms with Crippen LogP contribution in [0.3, 0.4) is 0 Å². The van der Waals surface area contributed by atoms with Gasteiger partial charge in [-0.1, -0.05) is 0 Å². The molecule has 0 heterocycles. The Kier molecular flexibility index (Phi) is 4.21. The van der Waals surface area contributed by atoms with Crippen molar-refractivity contribution in [1.82, 2.24) is 0 Å². The van der Waals surface area contributed by atoms with Gasteiger partial charge < -0.3 is 10.0 Å². The second-order valence-corrected chi connectivity index (χ2v) is 3.59. The smallest absolute Gasteiger partial charge is 0.342 e. The first kappa shape index (κ1) is 13.4. The minimum absolute atomic E-state index is 0.288. The summed E-state index contributed by atoms with van der Waals surface area (Å²) in [5, 5.41) is 28.0. The van der Waals surface area contributed by atoms with Crippen molar-refractivity contribution in [3.63, 3.8) is 0 Å². The van der Waals surface area contributed by atoms with Gasteiger partial charge in [0.25, 0.3) is 5.69 Å². The molecular weight excluding hydrogens is 238 g/mol. The van der Waals surface area contributed by atoms with Gasteiger partial charge in [-0.2, -0.15) is 5.26 Å². The number of benzene rings is 1. The van der Waals surface area contributed by atoms with Crippen molar-refractivity contribution in [1.29, 1.82) is 5.26 Å². The minimum atomic E-state index is -1.35. The van der Waals surface area contributed by atoms with Gasteiger partial charge in [-0.25, -0.2) is 4.79 Å². The molecule has 18 heavy (non-hydrogen) atoms. The lowest BCUT2D eigenvalue weighted by Crippen LogP contribution is -2.18. The molecule has 1 aromatic rings. The monoisotopic (exact) mass is 249 g/mol. The lowest BCUT2D eigenvalue weighted by atomic mass is 10.1. The number of aromatic carboxylic acids is 1. The highest BCUT2D eigenvalue weighted by atomic mass is 16.6. The first-order chi connectivity index (χ1) is 8.47. The lowest BCUT2D eigenvalue weighted by molar-refractivity contribution is -0.385. The number of hydrogen-bond acceptors (Lipinski definition) is 5. The van der Waals surface area contributed by atoms with Gasteiger partial charge in [0.1, 0.15) is 5.56 Å². The largest absolute Gasteiger partial charge is 0.477 e. The van der Waals surface area contributed by atoms with E-state index < -0.39 is 16.6 Å². The third-order valence-corrected chi connectivity index (χ3v) is 2.41. The van der Waals surface area contributed by atoms with Crippen molar-refractivity contribution in [2.24, 2.45) is 0 Å². The standard InChI is InChI=1S/C11H11N3O4/c1-13(6-2-5-12)8-3-4-10(14(17)18)9(7-8)11(15)16/h3-4,7H,2,6H2,1H3,(H,15,16). The Balaban J connectivity index is 3.11. The fourth-order valence-electron chi connectivity index (χ4n) is 1.44. The molecule has 7 heteroatoms. The third-order valence-electron chi connectivity index (χ3n) is 2.41. The van der Waals surface area contributed by atoms with Crippen molar-refractivity contribution >= 4 is 17.3 Å². The van der Waals surface area contributed by atoms with Crippen molar-refractivity contribution < 1.29 is 14.8 Å². The number of hydrogen-bond donors (Lipinski definition) is 1. The number of carboxylic acid groups (broad SMARTS) is 1. The van der Waals surface area contributed by atoms with E-state index in [-0.39, 0.29) is 12.0 Å². The molecule has 0 amide bonds. The van der Waals surface area contributed by atoms with Crippen LogP contribution in [-0.4, -0.2) is 29.6 Å². The zero-order chi connectivity index (χ0) is 13.7. The number of carbonyl (C=O) groups is 1. The average Bonchev–Trinajstić information content (AvgIpc) is 2.34. The molecule has 0 aliphatic carbocycles. The van der Waals surface area contributed by atoms with Gasteiger partial charge in [-0.05, 0) is 12.1 Å². The summed E-state index contributed by atoms with van der Waals surface area (Å²) in [5.41, 5.74) is -0.283. The van der Waals surface area contributed by atoms with Crippen LogP contribution in [0.2, 0.25) is 0 Å². The summed E-state index contributed by atoms with van der Waals surface area (Å²) in [4.78, 5) is 22.5. The van der Waals surface area contributed by atoms with Crippen LogP contribution < -0.4 is 4.90 Å². The number of nitriles is 1. The van der Waals surface area contributed by atoms with Crippen molar-refractivity contribution in [2.75, 3.05) is 18.5 Å². The maximum absolute atomic E-state index is 10.9. The Bertz CT molecular complexity index is 522. The Hall–Kier alpha value is -2.62. The van der Waals surface area contributed by atoms with Gasteiger partial charge >= 0.3 is 5.97 Å². The van der Waals surface area contributed by atoms with Crippen LogP contribution >= 0.6 is 0 Å². The molecule has 0 aliphatic heterocycles. The fourth-order valence-corrected chi connectivity index (χ4v) is 1.44. The average molecular weight is 249 g/mol. The lowest BCUT2D eigenvalue weighted by Gasteiger charge is -2.17. The van der Waals surface area contributed by atoms with E-state index in [1.165, 1.54) is 12.1 Å². The number of nitro benzene ring substituents is 1. The van der Waals surface area contributed by atoms with Gasteiger partial charge in [0.2, 0.25) is 0 Å². The van der Waals surface area contributed by atoms with Crippen molar-refractivity contribution in [2.45, 2.75) is 6.42 Å². The van der Waals surface area contributed by atoms with Crippen LogP contribution in [0.4, 0.5) is 11.4 Å². The molecule has 0 bridgehead atoms. The second-order valence-electron chi connectivity index (χ2n) is 3.59. The van der Waals surface area contributed by atoms with Crippen molar-refractivity contribution in [3.8, 4) is 6.07 Å². The molecule has 0 atom stereocenters. The van der Waals surface area contributed by atoms with Gasteiger partial charge in [-0.15, -0.1) is 0 Å². The first-order valence-electron chi connectivity index (χ1n) is 5.07. The summed E-state index contributed by atoms with van der Waals surface area (Å²) in [6.45, 7) is 0.424. The number of rotatable bonds is 5. The quantitative estimate of drug-likeness (QED) is 0.627. The van der Waals surface area contributed by atoms with E-state index in [2.05, 4.69) is 0 Å². The molecule has 1 N–H and O–H groups in total. The van der Waals surface area contributed by atoms with E-state index in [4.69, 9.17) is 10.4 Å². The predicted molar refractivity (Wildman–Crippen MR) is 63.6 cm³/mol. The SMILES string of the molecule is CN(CCC#N)c1ccc([N+](=O)[O-])c(C(=O)O)c1. The molecule has 7 nitrogen and oxygen atoms in total. The van der Waals surface area contributed by atoms with Crippen LogP contribution in [-0.2, 0) is 0 Å². The third kappa shape index (κ3) is 2.95. The van der Waals surface area contributed by atoms with E-state index in [1.54, 1.807) is 11.9 Å². The maximum Gasteiger partial charge on any atom is 0.342 e. The zero-order valence-corrected chi connectivity index (χ0v) is 9.66. The van der Waals surface area contributed by atoms with Crippen LogP contribution in [0, 0.1) is 21.4 Å². The second kappa shape index (κ2) is 5.63. The van der Waals surface area contributed by atoms with E-state index in [0.717, 1.165) is 6.07 Å². The molecular formula is C11H11N3O4. The normalized spacial score (nSPS) is 9.56. The number of nitrogens with zero attached hydrogens (tertiary/aromatic N) is 3. The summed E-state index contributed by atoms with van der Waals surface area (Å²) < 4.78 is 0. The minimum Gasteiger partial charge on any atom is -0.477 e. The molecule has 0 saturated heterocycles. The van der Waals surface area contributed by atoms with E-state index in [0.29, 0.717) is 12.2 Å². The molecule has 0 aliphatic rings. The van der Waals surface area contributed by atoms with E-state index in [1.807, 2.05) is 6.07 Å². The van der Waals surface area contributed by atoms with Crippen LogP contribution in [0.25, 0.3) is 0 Å². The first-order valence-corrected chi connectivity index (χ1v) is 5.07. The molecule has 0 aromatic heterocycles. The molecule has 0 unspecified atom stereocenters. The summed E-state index contributed by atoms with van der Waals surface area (Å²) >= 11 is 0. The zero-order valence-electron chi connectivity index (χ0n) is 9.66. The van der Waals surface area contributed by atoms with E-state index in [9.17, 15) is 14.9 Å². The molecule has 1 rings (SSSR count). The Morgan fingerprint density at radius 2 is 2.28 bits per heavy atom. The highest BCUT2D eigenvalue weighted by molar-refractivity contribution is 5.93. The Morgan fingerprint density at radius 3 is 2.78 bits per heavy atom. The summed E-state index contributed by atoms with van der Waals surface area (Å²) in [7, 11) is 1.68. The highest BCUT2D eigenvalue weighted by Crippen LogP contribution is 2.24. The molecule has 94 valence electrons. The van der Waals surface area contributed by atoms with Gasteiger partial charge in [-0.3, -0.25) is 10.1 Å². The molecule has 0 fully saturated rings. The maximum atomic E-state index is 10.9. The molecule has 1 aromatic carbocycles. The topological polar surface area (TPSA) is 107 Å². The fraction of sp³-hybridized carbons (Fsp3) is 0.273. The molecule has 0 spiro atoms. The van der Waals surface area contributed by atoms with Gasteiger partial charge in [0.15, 0.2) is 0 Å². The number of nitro groups is 1. The summed E-state index contributed by atoms with van der Waals surface area (Å²) in [5.74, 6) is -1.35. The Morgan fingerprint density at radius 1 is 1.61 bits per heavy atom. The van der Waals surface area contributed by atoms with Gasteiger partial charge in [0, 0.05) is 25.3 Å². The van der Waals surface area contributed by atoms with E-state index >= 15 is 0 Å². The predicted octanol–water partition coefficient (Wildman–Crippen LogP) is 1.64. The van der Waals surface area contributed by atoms with Crippen molar-refractivity contribution in [3.05, 3.63) is 33.9 Å². The number of carboxylic acids is 1. The molecule has 0 radical (unpaired) electrons. The molecule has 0 saturated carbocycles. The summed E-state index contributed by atoms with van der Waals surface area (Å²) in [6.07, 6.45) is 0.288. The Labute approximate surface area is 103 Å². The van der Waals surface area contributed by atoms with Crippen LogP contribution in [0.1, 0.15) is 16.8 Å². The van der Waals surface area contributed by atoms with Crippen LogP contribution in [0.15, 0.2) is 18.2 Å².